The minimum Gasteiger partial charge on any atom is -0.382 e. The highest BCUT2D eigenvalue weighted by Crippen LogP contribution is 2.21. The number of carbonyl (C=O) groups is 1. The number of anilines is 1. The molecule has 19 heavy (non-hydrogen) atoms. The summed E-state index contributed by atoms with van der Waals surface area (Å²) in [7, 11) is 0. The third-order valence-corrected chi connectivity index (χ3v) is 3.06. The smallest absolute Gasteiger partial charge is 0.242 e. The molecule has 0 aliphatic rings. The van der Waals surface area contributed by atoms with Gasteiger partial charge in [-0.1, -0.05) is 29.8 Å². The second kappa shape index (κ2) is 5.75. The Labute approximate surface area is 116 Å². The van der Waals surface area contributed by atoms with Gasteiger partial charge in [-0.15, -0.1) is 0 Å². The van der Waals surface area contributed by atoms with Crippen LogP contribution in [0.1, 0.15) is 18.5 Å². The zero-order valence-electron chi connectivity index (χ0n) is 10.5. The maximum Gasteiger partial charge on any atom is 0.242 e. The molecule has 0 saturated carbocycles. The number of halogens is 1. The molecule has 0 saturated heterocycles. The standard InChI is InChI=1S/C13H15ClN4O/c1-9(10-4-2-3-5-11(10)14)16-13(19)8-18-7-6-12(15)17-18/h2-7,9H,8H2,1H3,(H2,15,17)(H,16,19). The lowest BCUT2D eigenvalue weighted by molar-refractivity contribution is -0.122. The summed E-state index contributed by atoms with van der Waals surface area (Å²) < 4.78 is 1.49. The van der Waals surface area contributed by atoms with Crippen LogP contribution in [-0.4, -0.2) is 15.7 Å². The fourth-order valence-electron chi connectivity index (χ4n) is 1.80. The molecule has 0 radical (unpaired) electrons. The van der Waals surface area contributed by atoms with Crippen LogP contribution in [0.3, 0.4) is 0 Å². The summed E-state index contributed by atoms with van der Waals surface area (Å²) in [5, 5.41) is 7.46. The van der Waals surface area contributed by atoms with E-state index in [4.69, 9.17) is 17.3 Å². The van der Waals surface area contributed by atoms with Gasteiger partial charge in [-0.3, -0.25) is 9.48 Å². The molecule has 0 bridgehead atoms. The van der Waals surface area contributed by atoms with Crippen LogP contribution in [0.5, 0.6) is 0 Å². The van der Waals surface area contributed by atoms with Gasteiger partial charge in [0.1, 0.15) is 12.4 Å². The van der Waals surface area contributed by atoms with E-state index in [1.54, 1.807) is 18.3 Å². The van der Waals surface area contributed by atoms with Crippen molar-refractivity contribution in [2.75, 3.05) is 5.73 Å². The van der Waals surface area contributed by atoms with Gasteiger partial charge in [0.15, 0.2) is 0 Å². The van der Waals surface area contributed by atoms with Crippen molar-refractivity contribution in [3.8, 4) is 0 Å². The average molecular weight is 279 g/mol. The molecule has 1 heterocycles. The highest BCUT2D eigenvalue weighted by molar-refractivity contribution is 6.31. The lowest BCUT2D eigenvalue weighted by atomic mass is 10.1. The number of hydrogen-bond donors (Lipinski definition) is 2. The zero-order chi connectivity index (χ0) is 13.8. The average Bonchev–Trinajstić information content (AvgIpc) is 2.74. The molecule has 1 unspecified atom stereocenters. The number of aromatic nitrogens is 2. The molecule has 0 aliphatic carbocycles. The van der Waals surface area contributed by atoms with Gasteiger partial charge in [0.2, 0.25) is 5.91 Å². The van der Waals surface area contributed by atoms with Crippen molar-refractivity contribution < 1.29 is 4.79 Å². The predicted molar refractivity (Wildman–Crippen MR) is 74.6 cm³/mol. The van der Waals surface area contributed by atoms with Crippen molar-refractivity contribution in [1.82, 2.24) is 15.1 Å². The number of benzene rings is 1. The molecule has 5 nitrogen and oxygen atoms in total. The predicted octanol–water partition coefficient (Wildman–Crippen LogP) is 2.00. The van der Waals surface area contributed by atoms with Gasteiger partial charge in [0, 0.05) is 11.2 Å². The van der Waals surface area contributed by atoms with Crippen LogP contribution in [0, 0.1) is 0 Å². The van der Waals surface area contributed by atoms with Gasteiger partial charge in [0.05, 0.1) is 6.04 Å². The zero-order valence-corrected chi connectivity index (χ0v) is 11.3. The number of nitrogens with zero attached hydrogens (tertiary/aromatic N) is 2. The van der Waals surface area contributed by atoms with E-state index in [1.165, 1.54) is 4.68 Å². The summed E-state index contributed by atoms with van der Waals surface area (Å²) >= 11 is 6.08. The Bertz CT molecular complexity index is 582. The van der Waals surface area contributed by atoms with Gasteiger partial charge in [-0.05, 0) is 24.6 Å². The van der Waals surface area contributed by atoms with E-state index in [1.807, 2.05) is 25.1 Å². The topological polar surface area (TPSA) is 72.9 Å². The van der Waals surface area contributed by atoms with E-state index in [0.29, 0.717) is 10.8 Å². The van der Waals surface area contributed by atoms with E-state index in [0.717, 1.165) is 5.56 Å². The number of carbonyl (C=O) groups excluding carboxylic acids is 1. The van der Waals surface area contributed by atoms with Crippen LogP contribution < -0.4 is 11.1 Å². The number of hydrogen-bond acceptors (Lipinski definition) is 3. The van der Waals surface area contributed by atoms with Crippen LogP contribution in [-0.2, 0) is 11.3 Å². The Hall–Kier alpha value is -2.01. The molecule has 3 N–H and O–H groups in total. The summed E-state index contributed by atoms with van der Waals surface area (Å²) in [6.45, 7) is 2.02. The van der Waals surface area contributed by atoms with Crippen molar-refractivity contribution in [2.24, 2.45) is 0 Å². The van der Waals surface area contributed by atoms with E-state index >= 15 is 0 Å². The molecule has 1 atom stereocenters. The van der Waals surface area contributed by atoms with E-state index in [-0.39, 0.29) is 18.5 Å². The first-order valence-electron chi connectivity index (χ1n) is 5.89. The van der Waals surface area contributed by atoms with Gasteiger partial charge < -0.3 is 11.1 Å². The van der Waals surface area contributed by atoms with Crippen LogP contribution in [0.25, 0.3) is 0 Å². The van der Waals surface area contributed by atoms with Crippen molar-refractivity contribution in [3.05, 3.63) is 47.1 Å². The first-order chi connectivity index (χ1) is 9.06. The maximum atomic E-state index is 11.9. The number of amides is 1. The second-order valence-electron chi connectivity index (χ2n) is 4.25. The van der Waals surface area contributed by atoms with Crippen LogP contribution in [0.4, 0.5) is 5.82 Å². The first-order valence-corrected chi connectivity index (χ1v) is 6.27. The Morgan fingerprint density at radius 2 is 2.21 bits per heavy atom. The van der Waals surface area contributed by atoms with Crippen molar-refractivity contribution in [1.29, 1.82) is 0 Å². The molecule has 1 aromatic carbocycles. The third kappa shape index (κ3) is 3.48. The molecule has 2 rings (SSSR count). The summed E-state index contributed by atoms with van der Waals surface area (Å²) in [6.07, 6.45) is 1.66. The van der Waals surface area contributed by atoms with Gasteiger partial charge >= 0.3 is 0 Å². The van der Waals surface area contributed by atoms with Crippen LogP contribution >= 0.6 is 11.6 Å². The molecule has 0 aliphatic heterocycles. The quantitative estimate of drug-likeness (QED) is 0.898. The van der Waals surface area contributed by atoms with Crippen LogP contribution in [0.2, 0.25) is 5.02 Å². The summed E-state index contributed by atoms with van der Waals surface area (Å²) in [4.78, 5) is 11.9. The van der Waals surface area contributed by atoms with Gasteiger partial charge in [-0.25, -0.2) is 0 Å². The Balaban J connectivity index is 1.97. The molecule has 2 aromatic rings. The second-order valence-corrected chi connectivity index (χ2v) is 4.66. The highest BCUT2D eigenvalue weighted by Gasteiger charge is 2.12. The maximum absolute atomic E-state index is 11.9. The highest BCUT2D eigenvalue weighted by atomic mass is 35.5. The molecular weight excluding hydrogens is 264 g/mol. The van der Waals surface area contributed by atoms with Crippen molar-refractivity contribution in [3.63, 3.8) is 0 Å². The molecule has 0 fully saturated rings. The van der Waals surface area contributed by atoms with E-state index in [9.17, 15) is 4.79 Å². The SMILES string of the molecule is CC(NC(=O)Cn1ccc(N)n1)c1ccccc1Cl. The summed E-state index contributed by atoms with van der Waals surface area (Å²) in [5.41, 5.74) is 6.37. The fourth-order valence-corrected chi connectivity index (χ4v) is 2.10. The lowest BCUT2D eigenvalue weighted by Crippen LogP contribution is -2.30. The van der Waals surface area contributed by atoms with Crippen LogP contribution in [0.15, 0.2) is 36.5 Å². The normalized spacial score (nSPS) is 12.1. The largest absolute Gasteiger partial charge is 0.382 e. The lowest BCUT2D eigenvalue weighted by Gasteiger charge is -2.15. The monoisotopic (exact) mass is 278 g/mol. The summed E-state index contributed by atoms with van der Waals surface area (Å²) in [5.74, 6) is 0.252. The number of rotatable bonds is 4. The molecular formula is C13H15ClN4O. The number of nitrogens with two attached hydrogens (primary N) is 1. The minimum absolute atomic E-state index is 0.131. The van der Waals surface area contributed by atoms with E-state index < -0.39 is 0 Å². The Morgan fingerprint density at radius 1 is 1.47 bits per heavy atom. The fraction of sp³-hybridized carbons (Fsp3) is 0.231. The van der Waals surface area contributed by atoms with Crippen molar-refractivity contribution in [2.45, 2.75) is 19.5 Å². The van der Waals surface area contributed by atoms with E-state index in [2.05, 4.69) is 10.4 Å². The Kier molecular flexibility index (Phi) is 4.06. The van der Waals surface area contributed by atoms with Gasteiger partial charge in [0.25, 0.3) is 0 Å². The number of nitrogens with one attached hydrogen (secondary N) is 1. The molecule has 6 heteroatoms. The molecule has 1 amide bonds. The Morgan fingerprint density at radius 3 is 2.84 bits per heavy atom. The molecule has 0 spiro atoms. The summed E-state index contributed by atoms with van der Waals surface area (Å²) in [6, 6.07) is 8.91. The van der Waals surface area contributed by atoms with Gasteiger partial charge in [-0.2, -0.15) is 5.10 Å². The molecule has 1 aromatic heterocycles. The first kappa shape index (κ1) is 13.4. The minimum atomic E-state index is -0.158. The third-order valence-electron chi connectivity index (χ3n) is 2.72. The number of nitrogen functional groups attached to an aromatic ring is 1. The molecule has 100 valence electrons. The van der Waals surface area contributed by atoms with Crippen molar-refractivity contribution >= 4 is 23.3 Å².